The van der Waals surface area contributed by atoms with Crippen molar-refractivity contribution >= 4 is 11.2 Å². The summed E-state index contributed by atoms with van der Waals surface area (Å²) in [5.74, 6) is 0. The van der Waals surface area contributed by atoms with Gasteiger partial charge in [-0.25, -0.2) is 0 Å². The number of hydrogen-bond donors (Lipinski definition) is 1. The van der Waals surface area contributed by atoms with Crippen molar-refractivity contribution in [2.24, 2.45) is 5.73 Å². The second kappa shape index (κ2) is 7.14. The largest absolute Gasteiger partial charge is 0.611 e. The molecular weight excluding hydrogens is 254 g/mol. The molecule has 2 aromatic carbocycles. The monoisotopic (exact) mass is 271 g/mol. The van der Waals surface area contributed by atoms with E-state index in [1.165, 1.54) is 0 Å². The van der Waals surface area contributed by atoms with Gasteiger partial charge in [0, 0.05) is 17.7 Å². The van der Waals surface area contributed by atoms with Gasteiger partial charge >= 0.3 is 0 Å². The Bertz CT molecular complexity index is 473. The highest BCUT2D eigenvalue weighted by atomic mass is 32.2. The molecule has 0 spiro atoms. The maximum Gasteiger partial charge on any atom is 0.170 e. The van der Waals surface area contributed by atoms with E-state index < -0.39 is 11.2 Å². The fourth-order valence-corrected chi connectivity index (χ4v) is 3.25. The molecule has 0 bridgehead atoms. The topological polar surface area (TPSA) is 49.1 Å². The van der Waals surface area contributed by atoms with Crippen LogP contribution in [-0.2, 0) is 11.2 Å². The predicted octanol–water partition coefficient (Wildman–Crippen LogP) is 3.00. The van der Waals surface area contributed by atoms with Gasteiger partial charge in [0.2, 0.25) is 0 Å². The molecule has 2 aromatic rings. The van der Waals surface area contributed by atoms with Crippen LogP contribution in [0.3, 0.4) is 0 Å². The lowest BCUT2D eigenvalue weighted by molar-refractivity contribution is 0.597. The van der Waals surface area contributed by atoms with Gasteiger partial charge in [0.1, 0.15) is 5.41 Å². The lowest BCUT2D eigenvalue weighted by Crippen LogP contribution is -2.13. The van der Waals surface area contributed by atoms with Gasteiger partial charge in [0.15, 0.2) is 5.25 Å². The number of hydrogen-bond acceptors (Lipinski definition) is 2. The van der Waals surface area contributed by atoms with E-state index in [0.717, 1.165) is 11.1 Å². The molecule has 98 valence electrons. The predicted molar refractivity (Wildman–Crippen MR) is 81.1 cm³/mol. The minimum absolute atomic E-state index is 0.148. The van der Waals surface area contributed by atoms with Gasteiger partial charge in [-0.15, -0.1) is 0 Å². The first-order valence-electron chi connectivity index (χ1n) is 6.19. The van der Waals surface area contributed by atoms with Crippen LogP contribution in [0.2, 0.25) is 0 Å². The van der Waals surface area contributed by atoms with Gasteiger partial charge in [0.05, 0.1) is 0 Å². The summed E-state index contributed by atoms with van der Waals surface area (Å²) in [6.45, 7) is 0.405. The van der Waals surface area contributed by atoms with Gasteiger partial charge in [0.25, 0.3) is 0 Å². The van der Waals surface area contributed by atoms with Crippen LogP contribution in [0.1, 0.15) is 16.4 Å². The van der Waals surface area contributed by atoms with Gasteiger partial charge in [-0.1, -0.05) is 60.7 Å². The minimum Gasteiger partial charge on any atom is -0.611 e. The average molecular weight is 271 g/mol. The fourth-order valence-electron chi connectivity index (χ4n) is 1.95. The Morgan fingerprint density at radius 3 is 1.84 bits per heavy atom. The molecule has 0 aliphatic carbocycles. The van der Waals surface area contributed by atoms with E-state index in [9.17, 15) is 4.55 Å². The summed E-state index contributed by atoms with van der Waals surface area (Å²) in [4.78, 5) is 0. The molecule has 1 unspecified atom stereocenters. The first-order valence-corrected chi connectivity index (χ1v) is 7.46. The molecule has 1 atom stereocenters. The maximum atomic E-state index is 12.5. The van der Waals surface area contributed by atoms with Crippen LogP contribution in [0.5, 0.6) is 0 Å². The van der Waals surface area contributed by atoms with Crippen LogP contribution in [-0.4, -0.2) is 11.1 Å². The summed E-state index contributed by atoms with van der Waals surface area (Å²) < 4.78 is 12.5. The van der Waals surface area contributed by atoms with E-state index in [2.05, 4.69) is 0 Å². The summed E-state index contributed by atoms with van der Waals surface area (Å²) in [6.07, 6.45) is 1.75. The average Bonchev–Trinajstić information content (AvgIpc) is 2.47. The molecule has 0 saturated heterocycles. The Labute approximate surface area is 117 Å². The summed E-state index contributed by atoms with van der Waals surface area (Å²) in [7, 11) is 0. The highest BCUT2D eigenvalue weighted by Gasteiger charge is 2.24. The van der Waals surface area contributed by atoms with Crippen molar-refractivity contribution < 1.29 is 4.55 Å². The molecule has 19 heavy (non-hydrogen) atoms. The summed E-state index contributed by atoms with van der Waals surface area (Å²) in [5, 5.41) is 1.54. The molecule has 3 heteroatoms. The third kappa shape index (κ3) is 3.70. The highest BCUT2D eigenvalue weighted by molar-refractivity contribution is 7.94. The first-order chi connectivity index (χ1) is 9.33. The van der Waals surface area contributed by atoms with Crippen LogP contribution >= 0.6 is 0 Å². The van der Waals surface area contributed by atoms with E-state index in [1.807, 2.05) is 60.7 Å². The van der Waals surface area contributed by atoms with Crippen molar-refractivity contribution in [3.05, 3.63) is 83.3 Å². The van der Waals surface area contributed by atoms with Gasteiger partial charge in [-0.3, -0.25) is 0 Å². The standard InChI is InChI=1S/C16H17NOS/c17-12-7-13-19(18)16(14-8-3-1-4-9-14)15-10-5-2-6-11-15/h1-11,13,16H,12,17H2. The molecule has 0 fully saturated rings. The number of nitrogens with two attached hydrogens (primary N) is 1. The minimum atomic E-state index is -1.12. The molecule has 2 rings (SSSR count). The van der Waals surface area contributed by atoms with Crippen molar-refractivity contribution in [3.63, 3.8) is 0 Å². The molecule has 2 N–H and O–H groups in total. The van der Waals surface area contributed by atoms with Crippen LogP contribution in [0.15, 0.2) is 72.1 Å². The lowest BCUT2D eigenvalue weighted by Gasteiger charge is -2.19. The number of benzene rings is 2. The molecule has 0 amide bonds. The lowest BCUT2D eigenvalue weighted by atomic mass is 10.0. The van der Waals surface area contributed by atoms with Crippen LogP contribution in [0.25, 0.3) is 0 Å². The molecule has 0 heterocycles. The van der Waals surface area contributed by atoms with Gasteiger partial charge in [-0.05, 0) is 17.3 Å². The van der Waals surface area contributed by atoms with E-state index >= 15 is 0 Å². The summed E-state index contributed by atoms with van der Waals surface area (Å²) in [5.41, 5.74) is 7.53. The Balaban J connectivity index is 2.37. The quantitative estimate of drug-likeness (QED) is 0.850. The fraction of sp³-hybridized carbons (Fsp3) is 0.125. The van der Waals surface area contributed by atoms with Gasteiger partial charge in [-0.2, -0.15) is 0 Å². The first kappa shape index (κ1) is 13.9. The third-order valence-corrected chi connectivity index (χ3v) is 4.27. The van der Waals surface area contributed by atoms with Crippen LogP contribution < -0.4 is 5.73 Å². The summed E-state index contributed by atoms with van der Waals surface area (Å²) in [6, 6.07) is 19.8. The van der Waals surface area contributed by atoms with E-state index in [4.69, 9.17) is 5.73 Å². The van der Waals surface area contributed by atoms with E-state index in [0.29, 0.717) is 6.54 Å². The molecule has 0 aliphatic rings. The van der Waals surface area contributed by atoms with Crippen molar-refractivity contribution in [2.45, 2.75) is 5.25 Å². The molecule has 0 radical (unpaired) electrons. The van der Waals surface area contributed by atoms with E-state index in [1.54, 1.807) is 11.5 Å². The molecule has 0 aliphatic heterocycles. The molecule has 0 saturated carbocycles. The Morgan fingerprint density at radius 1 is 0.947 bits per heavy atom. The SMILES string of the molecule is NCC=C[S+]([O-])C(c1ccccc1)c1ccccc1. The molecule has 2 nitrogen and oxygen atoms in total. The number of rotatable bonds is 5. The van der Waals surface area contributed by atoms with Crippen LogP contribution in [0, 0.1) is 0 Å². The smallest absolute Gasteiger partial charge is 0.170 e. The zero-order chi connectivity index (χ0) is 13.5. The van der Waals surface area contributed by atoms with Crippen molar-refractivity contribution in [1.29, 1.82) is 0 Å². The normalized spacial score (nSPS) is 13.0. The Morgan fingerprint density at radius 2 is 1.42 bits per heavy atom. The second-order valence-corrected chi connectivity index (χ2v) is 5.54. The third-order valence-electron chi connectivity index (χ3n) is 2.80. The summed E-state index contributed by atoms with van der Waals surface area (Å²) >= 11 is -1.12. The Hall–Kier alpha value is -1.55. The van der Waals surface area contributed by atoms with E-state index in [-0.39, 0.29) is 5.25 Å². The zero-order valence-electron chi connectivity index (χ0n) is 10.6. The van der Waals surface area contributed by atoms with Crippen molar-refractivity contribution in [3.8, 4) is 0 Å². The van der Waals surface area contributed by atoms with Crippen molar-refractivity contribution in [1.82, 2.24) is 0 Å². The highest BCUT2D eigenvalue weighted by Crippen LogP contribution is 2.31. The zero-order valence-corrected chi connectivity index (χ0v) is 11.4. The van der Waals surface area contributed by atoms with Crippen LogP contribution in [0.4, 0.5) is 0 Å². The van der Waals surface area contributed by atoms with Crippen molar-refractivity contribution in [2.75, 3.05) is 6.54 Å². The maximum absolute atomic E-state index is 12.5. The molecule has 0 aromatic heterocycles. The molecular formula is C16H17NOS. The van der Waals surface area contributed by atoms with Gasteiger partial charge < -0.3 is 10.3 Å². The Kier molecular flexibility index (Phi) is 5.21. The second-order valence-electron chi connectivity index (χ2n) is 4.14.